The third-order valence-electron chi connectivity index (χ3n) is 6.90. The summed E-state index contributed by atoms with van der Waals surface area (Å²) >= 11 is 0. The minimum absolute atomic E-state index is 0.101. The molecule has 1 saturated carbocycles. The van der Waals surface area contributed by atoms with Crippen molar-refractivity contribution in [2.45, 2.75) is 32.2 Å². The van der Waals surface area contributed by atoms with Gasteiger partial charge in [-0.2, -0.15) is 5.10 Å². The van der Waals surface area contributed by atoms with Gasteiger partial charge in [0, 0.05) is 47.6 Å². The first kappa shape index (κ1) is 22.9. The summed E-state index contributed by atoms with van der Waals surface area (Å²) in [7, 11) is 0. The molecule has 0 amide bonds. The first-order valence-corrected chi connectivity index (χ1v) is 11.6. The number of aromatic nitrogens is 2. The molecule has 1 aliphatic heterocycles. The molecule has 1 aliphatic carbocycles. The second-order valence-electron chi connectivity index (χ2n) is 9.41. The Hall–Kier alpha value is -3.26. The van der Waals surface area contributed by atoms with Gasteiger partial charge in [0.15, 0.2) is 0 Å². The van der Waals surface area contributed by atoms with Gasteiger partial charge in [-0.15, -0.1) is 0 Å². The van der Waals surface area contributed by atoms with Crippen molar-refractivity contribution >= 4 is 17.6 Å². The Morgan fingerprint density at radius 2 is 1.82 bits per heavy atom. The van der Waals surface area contributed by atoms with Crippen LogP contribution in [0.1, 0.15) is 36.8 Å². The molecule has 2 fully saturated rings. The van der Waals surface area contributed by atoms with Gasteiger partial charge in [0.05, 0.1) is 6.20 Å². The van der Waals surface area contributed by atoms with Crippen molar-refractivity contribution in [3.05, 3.63) is 59.7 Å². The molecular weight excluding hydrogens is 416 g/mol. The number of carbonyl (C=O) groups excluding carboxylic acids is 1. The summed E-state index contributed by atoms with van der Waals surface area (Å²) in [4.78, 5) is 13.3. The fraction of sp³-hybridized carbons (Fsp3) is 0.440. The second-order valence-corrected chi connectivity index (χ2v) is 9.41. The van der Waals surface area contributed by atoms with Crippen LogP contribution in [-0.4, -0.2) is 45.7 Å². The Morgan fingerprint density at radius 3 is 2.48 bits per heavy atom. The van der Waals surface area contributed by atoms with E-state index < -0.39 is 0 Å². The maximum Gasteiger partial charge on any atom is 0.124 e. The molecular formula is C25H34N6O2. The van der Waals surface area contributed by atoms with Gasteiger partial charge in [-0.05, 0) is 68.8 Å². The zero-order chi connectivity index (χ0) is 23.4. The lowest BCUT2D eigenvalue weighted by molar-refractivity contribution is -0.114. The molecule has 4 rings (SSSR count). The number of rotatable bonds is 8. The number of phenolic OH excluding ortho intramolecular Hbond substituents is 1. The number of carbonyl (C=O) groups is 1. The summed E-state index contributed by atoms with van der Waals surface area (Å²) in [6.07, 6.45) is 10.9. The molecule has 2 aromatic rings. The van der Waals surface area contributed by atoms with Crippen LogP contribution in [0.3, 0.4) is 0 Å². The normalized spacial score (nSPS) is 22.0. The first-order valence-electron chi connectivity index (χ1n) is 11.6. The number of benzene rings is 1. The molecule has 1 aromatic heterocycles. The number of phenols is 1. The molecule has 33 heavy (non-hydrogen) atoms. The number of nitrogens with zero attached hydrogens (tertiary/aromatic N) is 3. The highest BCUT2D eigenvalue weighted by atomic mass is 16.3. The van der Waals surface area contributed by atoms with Gasteiger partial charge in [-0.25, -0.2) is 0 Å². The number of hydrogen-bond acceptors (Lipinski definition) is 7. The van der Waals surface area contributed by atoms with E-state index in [-0.39, 0.29) is 11.6 Å². The SMILES string of the molecule is NC(N)=C(/C=C(\N)c1ccccc1O)c1cnn(CC2CCN(CC3CC(C=O)C3)CC2)c1. The molecule has 2 aliphatic rings. The highest BCUT2D eigenvalue weighted by Crippen LogP contribution is 2.33. The lowest BCUT2D eigenvalue weighted by Crippen LogP contribution is -2.41. The fourth-order valence-corrected chi connectivity index (χ4v) is 4.92. The van der Waals surface area contributed by atoms with Crippen molar-refractivity contribution < 1.29 is 9.90 Å². The highest BCUT2D eigenvalue weighted by Gasteiger charge is 2.31. The maximum absolute atomic E-state index is 10.8. The predicted octanol–water partition coefficient (Wildman–Crippen LogP) is 2.11. The molecule has 1 aromatic carbocycles. The van der Waals surface area contributed by atoms with Crippen molar-refractivity contribution in [3.8, 4) is 5.75 Å². The average molecular weight is 451 g/mol. The van der Waals surface area contributed by atoms with E-state index in [1.165, 1.54) is 0 Å². The minimum Gasteiger partial charge on any atom is -0.507 e. The van der Waals surface area contributed by atoms with Crippen molar-refractivity contribution in [3.63, 3.8) is 0 Å². The van der Waals surface area contributed by atoms with E-state index in [0.29, 0.717) is 34.6 Å². The van der Waals surface area contributed by atoms with E-state index in [2.05, 4.69) is 10.00 Å². The van der Waals surface area contributed by atoms with Gasteiger partial charge < -0.3 is 32.0 Å². The van der Waals surface area contributed by atoms with Crippen molar-refractivity contribution in [2.75, 3.05) is 19.6 Å². The van der Waals surface area contributed by atoms with E-state index in [0.717, 1.165) is 63.7 Å². The van der Waals surface area contributed by atoms with Gasteiger partial charge >= 0.3 is 0 Å². The summed E-state index contributed by atoms with van der Waals surface area (Å²) in [5.74, 6) is 1.81. The van der Waals surface area contributed by atoms with Crippen LogP contribution in [0.15, 0.2) is 48.6 Å². The number of piperidine rings is 1. The number of hydrogen-bond donors (Lipinski definition) is 4. The van der Waals surface area contributed by atoms with Crippen LogP contribution in [0.5, 0.6) is 5.75 Å². The standard InChI is InChI=1S/C25H34N6O2/c26-23(21-3-1-2-4-24(21)33)11-22(25(27)28)20-12-29-31(15-20)14-17-5-7-30(8-6-17)13-18-9-19(10-18)16-32/h1-4,11-12,15-19,33H,5-10,13-14,26-28H2/b23-11-. The van der Waals surface area contributed by atoms with Crippen LogP contribution >= 0.6 is 0 Å². The molecule has 0 radical (unpaired) electrons. The van der Waals surface area contributed by atoms with Gasteiger partial charge in [0.2, 0.25) is 0 Å². The summed E-state index contributed by atoms with van der Waals surface area (Å²) < 4.78 is 1.95. The second kappa shape index (κ2) is 10.1. The van der Waals surface area contributed by atoms with Crippen LogP contribution in [0.25, 0.3) is 11.3 Å². The number of nitrogens with two attached hydrogens (primary N) is 3. The van der Waals surface area contributed by atoms with Crippen LogP contribution < -0.4 is 17.2 Å². The lowest BCUT2D eigenvalue weighted by atomic mass is 9.75. The molecule has 0 unspecified atom stereocenters. The molecule has 1 saturated heterocycles. The first-order chi connectivity index (χ1) is 15.9. The zero-order valence-corrected chi connectivity index (χ0v) is 18.9. The number of likely N-dealkylation sites (tertiary alicyclic amines) is 1. The van der Waals surface area contributed by atoms with E-state index in [9.17, 15) is 9.90 Å². The van der Waals surface area contributed by atoms with Crippen molar-refractivity contribution in [2.24, 2.45) is 35.0 Å². The fourth-order valence-electron chi connectivity index (χ4n) is 4.92. The van der Waals surface area contributed by atoms with Gasteiger partial charge in [0.1, 0.15) is 17.9 Å². The third-order valence-corrected chi connectivity index (χ3v) is 6.90. The number of aldehydes is 1. The number of aromatic hydroxyl groups is 1. The maximum atomic E-state index is 10.8. The van der Waals surface area contributed by atoms with Gasteiger partial charge in [-0.1, -0.05) is 12.1 Å². The Balaban J connectivity index is 1.34. The van der Waals surface area contributed by atoms with E-state index in [1.807, 2.05) is 16.9 Å². The van der Waals surface area contributed by atoms with Crippen LogP contribution in [0.2, 0.25) is 0 Å². The molecule has 176 valence electrons. The molecule has 0 spiro atoms. The van der Waals surface area contributed by atoms with Gasteiger partial charge in [-0.3, -0.25) is 4.68 Å². The molecule has 0 atom stereocenters. The Kier molecular flexibility index (Phi) is 7.03. The average Bonchev–Trinajstić information content (AvgIpc) is 3.23. The van der Waals surface area contributed by atoms with E-state index in [4.69, 9.17) is 17.2 Å². The number of para-hydroxylation sites is 1. The third kappa shape index (κ3) is 5.57. The molecule has 8 nitrogen and oxygen atoms in total. The summed E-state index contributed by atoms with van der Waals surface area (Å²) in [6.45, 7) is 4.17. The van der Waals surface area contributed by atoms with Crippen LogP contribution in [0.4, 0.5) is 0 Å². The minimum atomic E-state index is 0.101. The van der Waals surface area contributed by atoms with Crippen LogP contribution in [0, 0.1) is 17.8 Å². The smallest absolute Gasteiger partial charge is 0.124 e. The summed E-state index contributed by atoms with van der Waals surface area (Å²) in [5, 5.41) is 14.6. The largest absolute Gasteiger partial charge is 0.507 e. The Bertz CT molecular complexity index is 1030. The highest BCUT2D eigenvalue weighted by molar-refractivity contribution is 5.84. The topological polar surface area (TPSA) is 136 Å². The van der Waals surface area contributed by atoms with Crippen molar-refractivity contribution in [1.82, 2.24) is 14.7 Å². The molecule has 8 heteroatoms. The molecule has 0 bridgehead atoms. The quantitative estimate of drug-likeness (QED) is 0.357. The Labute approximate surface area is 194 Å². The van der Waals surface area contributed by atoms with E-state index >= 15 is 0 Å². The summed E-state index contributed by atoms with van der Waals surface area (Å²) in [5.41, 5.74) is 20.4. The monoisotopic (exact) mass is 450 g/mol. The molecule has 2 heterocycles. The Morgan fingerprint density at radius 1 is 1.09 bits per heavy atom. The zero-order valence-electron chi connectivity index (χ0n) is 18.9. The lowest BCUT2D eigenvalue weighted by Gasteiger charge is -2.39. The number of allylic oxidation sites excluding steroid dienone is 2. The van der Waals surface area contributed by atoms with Gasteiger partial charge in [0.25, 0.3) is 0 Å². The predicted molar refractivity (Wildman–Crippen MR) is 129 cm³/mol. The van der Waals surface area contributed by atoms with Crippen LogP contribution in [-0.2, 0) is 11.3 Å². The van der Waals surface area contributed by atoms with Crippen molar-refractivity contribution in [1.29, 1.82) is 0 Å². The van der Waals surface area contributed by atoms with E-state index in [1.54, 1.807) is 30.5 Å². The molecule has 7 N–H and O–H groups in total. The summed E-state index contributed by atoms with van der Waals surface area (Å²) in [6, 6.07) is 6.88.